The number of alkyl carbamates (subject to hydrolysis) is 1. The summed E-state index contributed by atoms with van der Waals surface area (Å²) in [5, 5.41) is 5.63. The van der Waals surface area contributed by atoms with Crippen LogP contribution < -0.4 is 16.4 Å². The zero-order valence-electron chi connectivity index (χ0n) is 22.5. The molecular weight excluding hydrogens is 472 g/mol. The highest BCUT2D eigenvalue weighted by atomic mass is 16.6. The van der Waals surface area contributed by atoms with Crippen molar-refractivity contribution in [2.75, 3.05) is 6.54 Å². The molecule has 4 amide bonds. The first-order valence-corrected chi connectivity index (χ1v) is 13.1. The SMILES string of the molecule is C=Cc1cccc(C(C(=O)NC2CCCCC2)N(CCC)C(=O)C(CC(N)=O)NC(=O)OC(C)(C)C)c1. The number of hydrogen-bond acceptors (Lipinski definition) is 5. The van der Waals surface area contributed by atoms with Gasteiger partial charge in [0.1, 0.15) is 17.7 Å². The van der Waals surface area contributed by atoms with Crippen molar-refractivity contribution in [2.24, 2.45) is 5.73 Å². The van der Waals surface area contributed by atoms with Gasteiger partial charge in [0.15, 0.2) is 0 Å². The maximum atomic E-state index is 13.9. The van der Waals surface area contributed by atoms with Crippen LogP contribution in [-0.4, -0.2) is 52.9 Å². The fraction of sp³-hybridized carbons (Fsp3) is 0.571. The van der Waals surface area contributed by atoms with Crippen LogP contribution in [0.25, 0.3) is 6.08 Å². The quantitative estimate of drug-likeness (QED) is 0.413. The number of nitrogens with one attached hydrogen (secondary N) is 2. The minimum atomic E-state index is -1.29. The van der Waals surface area contributed by atoms with E-state index in [0.29, 0.717) is 12.0 Å². The van der Waals surface area contributed by atoms with Crippen molar-refractivity contribution in [1.82, 2.24) is 15.5 Å². The molecule has 0 aromatic heterocycles. The van der Waals surface area contributed by atoms with Gasteiger partial charge in [0.05, 0.1) is 6.42 Å². The zero-order chi connectivity index (χ0) is 27.6. The van der Waals surface area contributed by atoms with Gasteiger partial charge in [-0.2, -0.15) is 0 Å². The Morgan fingerprint density at radius 1 is 1.19 bits per heavy atom. The van der Waals surface area contributed by atoms with E-state index in [-0.39, 0.29) is 18.5 Å². The topological polar surface area (TPSA) is 131 Å². The lowest BCUT2D eigenvalue weighted by Gasteiger charge is -2.35. The predicted molar refractivity (Wildman–Crippen MR) is 143 cm³/mol. The van der Waals surface area contributed by atoms with E-state index in [2.05, 4.69) is 17.2 Å². The number of carbonyl (C=O) groups excluding carboxylic acids is 4. The third-order valence-corrected chi connectivity index (χ3v) is 6.12. The van der Waals surface area contributed by atoms with Crippen LogP contribution in [0.15, 0.2) is 30.8 Å². The third kappa shape index (κ3) is 9.55. The Hall–Kier alpha value is -3.36. The van der Waals surface area contributed by atoms with Crippen LogP contribution in [-0.2, 0) is 19.1 Å². The summed E-state index contributed by atoms with van der Waals surface area (Å²) in [6.07, 6.45) is 5.94. The molecule has 0 bridgehead atoms. The average molecular weight is 515 g/mol. The van der Waals surface area contributed by atoms with Crippen LogP contribution in [0.2, 0.25) is 0 Å². The molecule has 0 saturated heterocycles. The van der Waals surface area contributed by atoms with Crippen LogP contribution >= 0.6 is 0 Å². The van der Waals surface area contributed by atoms with Crippen LogP contribution in [0.1, 0.15) is 89.8 Å². The fourth-order valence-corrected chi connectivity index (χ4v) is 4.51. The van der Waals surface area contributed by atoms with E-state index in [1.807, 2.05) is 25.1 Å². The Morgan fingerprint density at radius 3 is 2.43 bits per heavy atom. The van der Waals surface area contributed by atoms with Crippen LogP contribution in [0, 0.1) is 0 Å². The number of benzene rings is 1. The molecule has 0 heterocycles. The van der Waals surface area contributed by atoms with E-state index in [1.54, 1.807) is 32.9 Å². The van der Waals surface area contributed by atoms with Gasteiger partial charge in [0, 0.05) is 12.6 Å². The van der Waals surface area contributed by atoms with Crippen LogP contribution in [0.4, 0.5) is 4.79 Å². The van der Waals surface area contributed by atoms with E-state index in [0.717, 1.165) is 37.7 Å². The second-order valence-corrected chi connectivity index (χ2v) is 10.5. The molecule has 1 aromatic carbocycles. The van der Waals surface area contributed by atoms with Gasteiger partial charge in [0.25, 0.3) is 0 Å². The summed E-state index contributed by atoms with van der Waals surface area (Å²) in [7, 11) is 0. The number of carbonyl (C=O) groups is 4. The molecule has 2 rings (SSSR count). The summed E-state index contributed by atoms with van der Waals surface area (Å²) >= 11 is 0. The summed E-state index contributed by atoms with van der Waals surface area (Å²) in [6.45, 7) is 11.0. The number of hydrogen-bond donors (Lipinski definition) is 3. The molecule has 1 aliphatic carbocycles. The van der Waals surface area contributed by atoms with Gasteiger partial charge in [-0.25, -0.2) is 4.79 Å². The molecule has 9 nitrogen and oxygen atoms in total. The first-order chi connectivity index (χ1) is 17.4. The monoisotopic (exact) mass is 514 g/mol. The van der Waals surface area contributed by atoms with Gasteiger partial charge in [-0.3, -0.25) is 14.4 Å². The van der Waals surface area contributed by atoms with Crippen molar-refractivity contribution in [1.29, 1.82) is 0 Å². The predicted octanol–water partition coefficient (Wildman–Crippen LogP) is 3.83. The molecular formula is C28H42N4O5. The van der Waals surface area contributed by atoms with E-state index in [4.69, 9.17) is 10.5 Å². The molecule has 1 saturated carbocycles. The molecule has 37 heavy (non-hydrogen) atoms. The van der Waals surface area contributed by atoms with Gasteiger partial charge >= 0.3 is 6.09 Å². The van der Waals surface area contributed by atoms with E-state index in [9.17, 15) is 19.2 Å². The minimum absolute atomic E-state index is 0.0335. The standard InChI is InChI=1S/C28H42N4O5/c1-6-16-32(26(35)22(18-23(29)33)31-27(36)37-28(3,4)5)24(20-13-11-12-19(7-2)17-20)25(34)30-21-14-9-8-10-15-21/h7,11-13,17,21-22,24H,2,6,8-10,14-16,18H2,1,3-5H3,(H2,29,33)(H,30,34)(H,31,36). The van der Waals surface area contributed by atoms with Gasteiger partial charge in [-0.15, -0.1) is 0 Å². The summed E-state index contributed by atoms with van der Waals surface area (Å²) in [5.74, 6) is -1.65. The van der Waals surface area contributed by atoms with Crippen molar-refractivity contribution in [3.63, 3.8) is 0 Å². The molecule has 1 aromatic rings. The Bertz CT molecular complexity index is 966. The summed E-state index contributed by atoms with van der Waals surface area (Å²) in [4.78, 5) is 53.4. The first kappa shape index (κ1) is 29.9. The number of amides is 4. The lowest BCUT2D eigenvalue weighted by molar-refractivity contribution is -0.143. The molecule has 4 N–H and O–H groups in total. The lowest BCUT2D eigenvalue weighted by Crippen LogP contribution is -2.54. The Balaban J connectivity index is 2.46. The maximum absolute atomic E-state index is 13.9. The molecule has 2 atom stereocenters. The highest BCUT2D eigenvalue weighted by Crippen LogP contribution is 2.26. The number of nitrogens with two attached hydrogens (primary N) is 1. The van der Waals surface area contributed by atoms with Crippen LogP contribution in [0.3, 0.4) is 0 Å². The largest absolute Gasteiger partial charge is 0.444 e. The van der Waals surface area contributed by atoms with Gasteiger partial charge < -0.3 is 26.0 Å². The number of ether oxygens (including phenoxy) is 1. The molecule has 204 valence electrons. The van der Waals surface area contributed by atoms with Crippen molar-refractivity contribution < 1.29 is 23.9 Å². The van der Waals surface area contributed by atoms with E-state index < -0.39 is 42.0 Å². The lowest BCUT2D eigenvalue weighted by atomic mass is 9.94. The highest BCUT2D eigenvalue weighted by molar-refractivity contribution is 5.94. The Morgan fingerprint density at radius 2 is 1.86 bits per heavy atom. The molecule has 1 fully saturated rings. The van der Waals surface area contributed by atoms with Crippen LogP contribution in [0.5, 0.6) is 0 Å². The maximum Gasteiger partial charge on any atom is 0.408 e. The summed E-state index contributed by atoms with van der Waals surface area (Å²) < 4.78 is 5.30. The van der Waals surface area contributed by atoms with Gasteiger partial charge in [-0.05, 0) is 57.2 Å². The average Bonchev–Trinajstić information content (AvgIpc) is 2.82. The smallest absolute Gasteiger partial charge is 0.408 e. The van der Waals surface area contributed by atoms with E-state index >= 15 is 0 Å². The van der Waals surface area contributed by atoms with Crippen molar-refractivity contribution in [3.8, 4) is 0 Å². The number of rotatable bonds is 11. The molecule has 0 spiro atoms. The molecule has 0 aliphatic heterocycles. The van der Waals surface area contributed by atoms with Gasteiger partial charge in [-0.1, -0.05) is 57.0 Å². The third-order valence-electron chi connectivity index (χ3n) is 6.12. The zero-order valence-corrected chi connectivity index (χ0v) is 22.5. The summed E-state index contributed by atoms with van der Waals surface area (Å²) in [5.41, 5.74) is 6.04. The second kappa shape index (κ2) is 13.8. The van der Waals surface area contributed by atoms with Crippen molar-refractivity contribution in [3.05, 3.63) is 42.0 Å². The molecule has 0 radical (unpaired) electrons. The molecule has 2 unspecified atom stereocenters. The summed E-state index contributed by atoms with van der Waals surface area (Å²) in [6, 6.07) is 5.06. The van der Waals surface area contributed by atoms with Crippen molar-refractivity contribution >= 4 is 29.9 Å². The Kier molecular flexibility index (Phi) is 11.1. The fourth-order valence-electron chi connectivity index (χ4n) is 4.51. The molecule has 1 aliphatic rings. The normalized spacial score (nSPS) is 15.7. The Labute approximate surface area is 220 Å². The number of primary amides is 1. The second-order valence-electron chi connectivity index (χ2n) is 10.5. The molecule has 9 heteroatoms. The van der Waals surface area contributed by atoms with Crippen molar-refractivity contribution in [2.45, 2.75) is 96.4 Å². The minimum Gasteiger partial charge on any atom is -0.444 e. The van der Waals surface area contributed by atoms with E-state index in [1.165, 1.54) is 4.90 Å². The number of nitrogens with zero attached hydrogens (tertiary/aromatic N) is 1. The van der Waals surface area contributed by atoms with Gasteiger partial charge in [0.2, 0.25) is 17.7 Å². The first-order valence-electron chi connectivity index (χ1n) is 13.1. The highest BCUT2D eigenvalue weighted by Gasteiger charge is 2.37.